The number of amides is 1. The average molecular weight is 1690 g/mol. The summed E-state index contributed by atoms with van der Waals surface area (Å²) >= 11 is 13.6. The Morgan fingerprint density at radius 1 is 0.681 bits per heavy atom. The summed E-state index contributed by atoms with van der Waals surface area (Å²) < 4.78 is 124. The summed E-state index contributed by atoms with van der Waals surface area (Å²) in [6, 6.07) is 45.7. The molecule has 10 aromatic rings. The van der Waals surface area contributed by atoms with Crippen LogP contribution in [-0.2, 0) is 56.3 Å². The van der Waals surface area contributed by atoms with Crippen molar-refractivity contribution >= 4 is 70.3 Å². The molecular weight excluding hydrogens is 1600 g/mol. The number of para-hydroxylation sites is 2. The second-order valence-electron chi connectivity index (χ2n) is 28.0. The minimum atomic E-state index is -5.66. The lowest BCUT2D eigenvalue weighted by molar-refractivity contribution is -0.124. The number of ether oxygens (including phenoxy) is 6. The van der Waals surface area contributed by atoms with E-state index < -0.39 is 139 Å². The van der Waals surface area contributed by atoms with Gasteiger partial charge in [-0.15, -0.1) is 0 Å². The van der Waals surface area contributed by atoms with Gasteiger partial charge in [0.05, 0.1) is 75.1 Å². The molecule has 13 rings (SSSR count). The molecule has 4 N–H and O–H groups in total. The maximum atomic E-state index is 16.8. The highest BCUT2D eigenvalue weighted by Gasteiger charge is 2.57. The molecule has 116 heavy (non-hydrogen) atoms. The highest BCUT2D eigenvalue weighted by atomic mass is 35.5. The fraction of sp³-hybridized carbons (Fsp3) is 0.354. The minimum Gasteiger partial charge on any atom is -0.497 e. The van der Waals surface area contributed by atoms with Crippen LogP contribution in [0.15, 0.2) is 202 Å². The van der Waals surface area contributed by atoms with E-state index in [1.807, 2.05) is 87.0 Å². The number of hydrogen-bond acceptors (Lipinski definition) is 25. The van der Waals surface area contributed by atoms with E-state index in [2.05, 4.69) is 31.3 Å². The highest BCUT2D eigenvalue weighted by molar-refractivity contribution is 7.49. The molecule has 7 heterocycles. The largest absolute Gasteiger partial charge is 0.530 e. The monoisotopic (exact) mass is 1690 g/mol. The normalized spacial score (nSPS) is 21.1. The topological polar surface area (TPSA) is 384 Å². The van der Waals surface area contributed by atoms with Crippen molar-refractivity contribution in [3.8, 4) is 29.1 Å². The van der Waals surface area contributed by atoms with E-state index in [1.54, 1.807) is 71.3 Å². The molecule has 0 bridgehead atoms. The van der Waals surface area contributed by atoms with Gasteiger partial charge in [0.2, 0.25) is 0 Å². The van der Waals surface area contributed by atoms with Crippen molar-refractivity contribution in [1.82, 2.24) is 43.3 Å². The maximum absolute atomic E-state index is 16.8. The number of nitrogens with one attached hydrogen (secondary N) is 3. The standard InChI is InChI=1S/C79H84Cl2N11O21P3/c1-47(2)92(48(3)4)114(104-37-19-36-82)109-62-39-67(89-41-49(5)74(93)87-77(89)96)107-65(62)44-105-116(100,111-61-27-18-16-25-59(61)81)112-63-40-68(90-42-50(6)75(94)88-78(90)97)108-71(63)70(113-115(98,99)110-60-26-17-15-24-58(60)80)57-38-66(91-46-85-69-72(83-45-84-73(69)91)86-76(95)51-20-11-9-12-21-51)106-64(57)43-103-79(52-22-13-10-14-23-52,53-28-32-55(101-7)33-29-53)54-30-34-56(102-8)35-31-54/h9-18,20-35,41-42,45-48,57,62-68,70-71H,19,37-40,43-44H2,1-8H3,(H,98,99)(H,87,93,96)(H,88,94,97)(H,83,84,86,95)/t57-,62?,63-,64-,65+,66+,67?,68+,70?,71+,114?,116?/m0/s1. The van der Waals surface area contributed by atoms with Gasteiger partial charge in [-0.1, -0.05) is 120 Å². The number of halogens is 2. The molecule has 3 fully saturated rings. The number of nitriles is 1. The van der Waals surface area contributed by atoms with Crippen LogP contribution in [0.5, 0.6) is 23.0 Å². The Hall–Kier alpha value is -9.58. The SMILES string of the molecule is COc1ccc(C(OC[C@@H]2O[C@@H](n3cnc4c(NC(=O)c5ccccc5)ncnc43)C[C@@H]2C(OP(=O)(O)Oc2ccccc2Cl)[C@@H]2O[C@@H](n3cc(C)c(=O)[nH]c3=O)C[C@@H]2OP(=O)(OC[C@H]2OC(n3cc(C)c(=O)[nH]c3=O)CC2OP(OCCC#N)N(C(C)C)C(C)C)Oc2ccccc2Cl)(c2ccccc2)c2ccc(OC)cc2)cc1. The predicted molar refractivity (Wildman–Crippen MR) is 427 cm³/mol. The van der Waals surface area contributed by atoms with Gasteiger partial charge in [-0.2, -0.15) is 5.26 Å². The molecule has 4 aromatic heterocycles. The van der Waals surface area contributed by atoms with E-state index in [-0.39, 0.29) is 87.6 Å². The third-order valence-corrected chi connectivity index (χ3v) is 24.8. The molecule has 13 atom stereocenters. The van der Waals surface area contributed by atoms with Gasteiger partial charge in [-0.3, -0.25) is 56.5 Å². The van der Waals surface area contributed by atoms with Gasteiger partial charge in [-0.25, -0.2) is 38.3 Å². The van der Waals surface area contributed by atoms with Crippen molar-refractivity contribution in [3.63, 3.8) is 0 Å². The number of fused-ring (bicyclic) bond motifs is 1. The van der Waals surface area contributed by atoms with Gasteiger partial charge in [-0.05, 0) is 119 Å². The van der Waals surface area contributed by atoms with Crippen LogP contribution in [0.25, 0.3) is 11.2 Å². The zero-order valence-corrected chi connectivity index (χ0v) is 68.2. The van der Waals surface area contributed by atoms with Gasteiger partial charge in [0.25, 0.3) is 25.6 Å². The Bertz CT molecular complexity index is 5450. The number of carbonyl (C=O) groups excluding carboxylic acids is 1. The van der Waals surface area contributed by atoms with E-state index in [1.165, 1.54) is 94.1 Å². The molecule has 1 amide bonds. The molecule has 32 nitrogen and oxygen atoms in total. The number of aryl methyl sites for hydroxylation is 2. The number of H-pyrrole nitrogens is 2. The molecule has 610 valence electrons. The number of anilines is 1. The molecule has 3 aliphatic heterocycles. The van der Waals surface area contributed by atoms with E-state index in [0.29, 0.717) is 33.8 Å². The number of rotatable bonds is 34. The number of imidazole rings is 1. The fourth-order valence-corrected chi connectivity index (χ4v) is 18.9. The lowest BCUT2D eigenvalue weighted by Gasteiger charge is -2.39. The van der Waals surface area contributed by atoms with E-state index in [9.17, 15) is 34.1 Å². The first-order valence-corrected chi connectivity index (χ1v) is 41.8. The molecule has 0 spiro atoms. The van der Waals surface area contributed by atoms with Gasteiger partial charge >= 0.3 is 27.0 Å². The van der Waals surface area contributed by atoms with Crippen LogP contribution in [0, 0.1) is 31.1 Å². The maximum Gasteiger partial charge on any atom is 0.530 e. The summed E-state index contributed by atoms with van der Waals surface area (Å²) in [4.78, 5) is 99.2. The molecule has 37 heteroatoms. The van der Waals surface area contributed by atoms with Crippen molar-refractivity contribution in [1.29, 1.82) is 5.26 Å². The van der Waals surface area contributed by atoms with Crippen LogP contribution in [0.4, 0.5) is 5.82 Å². The molecule has 3 saturated heterocycles. The smallest absolute Gasteiger partial charge is 0.497 e. The number of aromatic amines is 2. The van der Waals surface area contributed by atoms with Crippen molar-refractivity contribution in [2.24, 2.45) is 5.92 Å². The number of nitrogens with zero attached hydrogens (tertiary/aromatic N) is 8. The average Bonchev–Trinajstić information content (AvgIpc) is 1.60. The van der Waals surface area contributed by atoms with E-state index >= 15 is 9.13 Å². The van der Waals surface area contributed by atoms with Gasteiger partial charge < -0.3 is 51.8 Å². The van der Waals surface area contributed by atoms with Gasteiger partial charge in [0.1, 0.15) is 78.0 Å². The summed E-state index contributed by atoms with van der Waals surface area (Å²) in [5.41, 5.74) is -2.19. The second kappa shape index (κ2) is 36.9. The number of phosphoric ester groups is 2. The zero-order valence-electron chi connectivity index (χ0n) is 64.0. The fourth-order valence-electron chi connectivity index (χ4n) is 14.3. The van der Waals surface area contributed by atoms with Gasteiger partial charge in [0.15, 0.2) is 17.0 Å². The number of benzene rings is 6. The Kier molecular flexibility index (Phi) is 26.9. The summed E-state index contributed by atoms with van der Waals surface area (Å²) in [6.45, 7) is 9.42. The summed E-state index contributed by atoms with van der Waals surface area (Å²) in [5.74, 6) is -1.33. The molecule has 6 aromatic carbocycles. The number of methoxy groups -OCH3 is 2. The first-order valence-electron chi connectivity index (χ1n) is 37.0. The second-order valence-corrected chi connectivity index (χ2v) is 33.1. The number of carbonyl (C=O) groups is 1. The van der Waals surface area contributed by atoms with Crippen LogP contribution in [0.1, 0.15) is 110 Å². The lowest BCUT2D eigenvalue weighted by atomic mass is 9.79. The minimum absolute atomic E-state index is 0.00337. The molecule has 6 unspecified atom stereocenters. The van der Waals surface area contributed by atoms with Gasteiger partial charge in [0, 0.05) is 66.3 Å². The lowest BCUT2D eigenvalue weighted by Crippen LogP contribution is -2.47. The Labute approximate surface area is 676 Å². The first-order chi connectivity index (χ1) is 55.8. The molecule has 0 saturated carbocycles. The molecule has 0 aliphatic carbocycles. The van der Waals surface area contributed by atoms with Crippen LogP contribution >= 0.6 is 47.4 Å². The molecular formula is C79H84Cl2N11O21P3. The summed E-state index contributed by atoms with van der Waals surface area (Å²) in [5, 5.41) is 12.3. The van der Waals surface area contributed by atoms with Crippen molar-refractivity contribution in [2.75, 3.05) is 39.4 Å². The number of phosphoric acid groups is 2. The van der Waals surface area contributed by atoms with Crippen LogP contribution < -0.4 is 46.3 Å². The van der Waals surface area contributed by atoms with Crippen LogP contribution in [0.2, 0.25) is 10.0 Å². The third kappa shape index (κ3) is 19.0. The predicted octanol–water partition coefficient (Wildman–Crippen LogP) is 13.4. The molecule has 0 radical (unpaired) electrons. The van der Waals surface area contributed by atoms with Crippen LogP contribution in [0.3, 0.4) is 0 Å². The zero-order chi connectivity index (χ0) is 82.2. The number of aromatic nitrogens is 8. The summed E-state index contributed by atoms with van der Waals surface area (Å²) in [6.07, 6.45) is -9.15. The quantitative estimate of drug-likeness (QED) is 0.0165. The highest BCUT2D eigenvalue weighted by Crippen LogP contribution is 2.59. The van der Waals surface area contributed by atoms with Crippen LogP contribution in [-0.4, -0.2) is 137 Å². The van der Waals surface area contributed by atoms with Crippen molar-refractivity contribution in [3.05, 3.63) is 268 Å². The summed E-state index contributed by atoms with van der Waals surface area (Å²) in [7, 11) is -10.1. The Morgan fingerprint density at radius 2 is 1.22 bits per heavy atom. The van der Waals surface area contributed by atoms with Crippen molar-refractivity contribution < 1.29 is 78.9 Å². The Morgan fingerprint density at radius 3 is 1.79 bits per heavy atom. The number of hydrogen-bond donors (Lipinski definition) is 4. The van der Waals surface area contributed by atoms with E-state index in [0.717, 1.165) is 4.57 Å². The van der Waals surface area contributed by atoms with E-state index in [4.69, 9.17) is 88.3 Å². The molecule has 3 aliphatic rings. The third-order valence-electron chi connectivity index (χ3n) is 19.7. The first kappa shape index (κ1) is 84.3. The van der Waals surface area contributed by atoms with Crippen molar-refractivity contribution in [2.45, 2.75) is 140 Å². The Balaban J connectivity index is 0.973.